The summed E-state index contributed by atoms with van der Waals surface area (Å²) in [6.07, 6.45) is 2.82. The summed E-state index contributed by atoms with van der Waals surface area (Å²) in [7, 11) is 0. The summed E-state index contributed by atoms with van der Waals surface area (Å²) in [5.41, 5.74) is 2.15. The highest BCUT2D eigenvalue weighted by Gasteiger charge is 1.96. The third-order valence-corrected chi connectivity index (χ3v) is 2.67. The summed E-state index contributed by atoms with van der Waals surface area (Å²) in [6, 6.07) is 4.04. The second kappa shape index (κ2) is 8.83. The van der Waals surface area contributed by atoms with E-state index in [2.05, 4.69) is 15.6 Å². The molecule has 0 amide bonds. The molecule has 0 aliphatic heterocycles. The molecule has 2 N–H and O–H groups in total. The first-order valence-corrected chi connectivity index (χ1v) is 6.64. The smallest absolute Gasteiger partial charge is 0.166 e. The molecule has 0 unspecified atom stereocenters. The van der Waals surface area contributed by atoms with Crippen molar-refractivity contribution >= 4 is 17.3 Å². The maximum Gasteiger partial charge on any atom is 0.166 e. The number of pyridine rings is 1. The van der Waals surface area contributed by atoms with E-state index in [4.69, 9.17) is 17.0 Å². The Kier molecular flexibility index (Phi) is 7.29. The summed E-state index contributed by atoms with van der Waals surface area (Å²) in [4.78, 5) is 4.23. The standard InChI is InChI=1S/C13H21N3OS/c1-3-17-8-4-7-14-13(18)16-10-12-6-5-11(2)15-9-12/h5-6,9H,3-4,7-8,10H2,1-2H3,(H2,14,16,18). The second-order valence-corrected chi connectivity index (χ2v) is 4.38. The number of hydrogen-bond donors (Lipinski definition) is 2. The Balaban J connectivity index is 2.11. The molecule has 0 saturated carbocycles. The van der Waals surface area contributed by atoms with Gasteiger partial charge in [-0.05, 0) is 44.1 Å². The van der Waals surface area contributed by atoms with Crippen LogP contribution in [0.15, 0.2) is 18.3 Å². The van der Waals surface area contributed by atoms with E-state index in [9.17, 15) is 0 Å². The van der Waals surface area contributed by atoms with Crippen molar-refractivity contribution in [3.8, 4) is 0 Å². The average Bonchev–Trinajstić information content (AvgIpc) is 2.38. The van der Waals surface area contributed by atoms with Gasteiger partial charge in [0, 0.05) is 38.2 Å². The SMILES string of the molecule is CCOCCCNC(=S)NCc1ccc(C)nc1. The van der Waals surface area contributed by atoms with Crippen LogP contribution >= 0.6 is 12.2 Å². The highest BCUT2D eigenvalue weighted by Crippen LogP contribution is 1.98. The molecule has 1 rings (SSSR count). The fraction of sp³-hybridized carbons (Fsp3) is 0.538. The number of ether oxygens (including phenoxy) is 1. The van der Waals surface area contributed by atoms with Gasteiger partial charge in [0.15, 0.2) is 5.11 Å². The van der Waals surface area contributed by atoms with Gasteiger partial charge in [0.1, 0.15) is 0 Å². The monoisotopic (exact) mass is 267 g/mol. The van der Waals surface area contributed by atoms with Crippen LogP contribution in [0.2, 0.25) is 0 Å². The summed E-state index contributed by atoms with van der Waals surface area (Å²) in [5, 5.41) is 6.97. The Labute approximate surface area is 114 Å². The van der Waals surface area contributed by atoms with Crippen molar-refractivity contribution in [3.05, 3.63) is 29.6 Å². The number of aromatic nitrogens is 1. The molecule has 18 heavy (non-hydrogen) atoms. The molecule has 0 bridgehead atoms. The van der Waals surface area contributed by atoms with Crippen molar-refractivity contribution < 1.29 is 4.74 Å². The molecule has 0 spiro atoms. The zero-order valence-electron chi connectivity index (χ0n) is 11.0. The minimum atomic E-state index is 0.673. The van der Waals surface area contributed by atoms with Gasteiger partial charge in [-0.15, -0.1) is 0 Å². The minimum absolute atomic E-state index is 0.673. The van der Waals surface area contributed by atoms with Crippen molar-refractivity contribution in [2.75, 3.05) is 19.8 Å². The number of nitrogens with one attached hydrogen (secondary N) is 2. The van der Waals surface area contributed by atoms with Crippen molar-refractivity contribution in [2.45, 2.75) is 26.8 Å². The Bertz CT molecular complexity index is 354. The van der Waals surface area contributed by atoms with E-state index in [0.29, 0.717) is 11.7 Å². The predicted molar refractivity (Wildman–Crippen MR) is 77.5 cm³/mol. The van der Waals surface area contributed by atoms with Crippen LogP contribution in [-0.2, 0) is 11.3 Å². The lowest BCUT2D eigenvalue weighted by Crippen LogP contribution is -2.35. The molecular weight excluding hydrogens is 246 g/mol. The van der Waals surface area contributed by atoms with Crippen LogP contribution < -0.4 is 10.6 Å². The first kappa shape index (κ1) is 14.9. The zero-order valence-corrected chi connectivity index (χ0v) is 11.8. The first-order valence-electron chi connectivity index (χ1n) is 6.23. The van der Waals surface area contributed by atoms with Gasteiger partial charge in [-0.1, -0.05) is 6.07 Å². The van der Waals surface area contributed by atoms with Gasteiger partial charge in [0.05, 0.1) is 0 Å². The molecule has 0 aliphatic rings. The maximum absolute atomic E-state index is 5.24. The minimum Gasteiger partial charge on any atom is -0.382 e. The number of hydrogen-bond acceptors (Lipinski definition) is 3. The van der Waals surface area contributed by atoms with Gasteiger partial charge in [-0.3, -0.25) is 4.98 Å². The quantitative estimate of drug-likeness (QED) is 0.582. The van der Waals surface area contributed by atoms with E-state index in [1.54, 1.807) is 0 Å². The Hall–Kier alpha value is -1.20. The topological polar surface area (TPSA) is 46.2 Å². The predicted octanol–water partition coefficient (Wildman–Crippen LogP) is 1.78. The molecule has 0 aliphatic carbocycles. The van der Waals surface area contributed by atoms with Crippen molar-refractivity contribution in [3.63, 3.8) is 0 Å². The van der Waals surface area contributed by atoms with E-state index >= 15 is 0 Å². The van der Waals surface area contributed by atoms with E-state index in [0.717, 1.165) is 37.4 Å². The van der Waals surface area contributed by atoms with Crippen molar-refractivity contribution in [1.82, 2.24) is 15.6 Å². The van der Waals surface area contributed by atoms with E-state index in [1.807, 2.05) is 32.2 Å². The normalized spacial score (nSPS) is 10.1. The lowest BCUT2D eigenvalue weighted by Gasteiger charge is -2.10. The van der Waals surface area contributed by atoms with E-state index in [1.165, 1.54) is 0 Å². The number of aryl methyl sites for hydroxylation is 1. The second-order valence-electron chi connectivity index (χ2n) is 3.97. The van der Waals surface area contributed by atoms with Gasteiger partial charge < -0.3 is 15.4 Å². The third kappa shape index (κ3) is 6.51. The van der Waals surface area contributed by atoms with Crippen molar-refractivity contribution in [1.29, 1.82) is 0 Å². The van der Waals surface area contributed by atoms with Crippen LogP contribution in [0.25, 0.3) is 0 Å². The first-order chi connectivity index (χ1) is 8.72. The van der Waals surface area contributed by atoms with Gasteiger partial charge in [-0.25, -0.2) is 0 Å². The van der Waals surface area contributed by atoms with Gasteiger partial charge in [-0.2, -0.15) is 0 Å². The molecular formula is C13H21N3OS. The van der Waals surface area contributed by atoms with Gasteiger partial charge in [0.25, 0.3) is 0 Å². The summed E-state index contributed by atoms with van der Waals surface area (Å²) >= 11 is 5.17. The van der Waals surface area contributed by atoms with Crippen LogP contribution in [0.4, 0.5) is 0 Å². The molecule has 0 atom stereocenters. The fourth-order valence-corrected chi connectivity index (χ4v) is 1.54. The Morgan fingerprint density at radius 1 is 1.39 bits per heavy atom. The maximum atomic E-state index is 5.24. The highest BCUT2D eigenvalue weighted by atomic mass is 32.1. The summed E-state index contributed by atoms with van der Waals surface area (Å²) in [5.74, 6) is 0. The van der Waals surface area contributed by atoms with E-state index < -0.39 is 0 Å². The lowest BCUT2D eigenvalue weighted by atomic mass is 10.2. The number of rotatable bonds is 7. The van der Waals surface area contributed by atoms with Crippen LogP contribution in [0.3, 0.4) is 0 Å². The molecule has 0 radical (unpaired) electrons. The van der Waals surface area contributed by atoms with Gasteiger partial charge >= 0.3 is 0 Å². The molecule has 0 fully saturated rings. The summed E-state index contributed by atoms with van der Waals surface area (Å²) < 4.78 is 5.24. The van der Waals surface area contributed by atoms with Crippen LogP contribution in [-0.4, -0.2) is 29.9 Å². The fourth-order valence-electron chi connectivity index (χ4n) is 1.37. The molecule has 5 heteroatoms. The average molecular weight is 267 g/mol. The van der Waals surface area contributed by atoms with Crippen molar-refractivity contribution in [2.24, 2.45) is 0 Å². The largest absolute Gasteiger partial charge is 0.382 e. The zero-order chi connectivity index (χ0) is 13.2. The summed E-state index contributed by atoms with van der Waals surface area (Å²) in [6.45, 7) is 7.04. The van der Waals surface area contributed by atoms with E-state index in [-0.39, 0.29) is 0 Å². The molecule has 1 heterocycles. The third-order valence-electron chi connectivity index (χ3n) is 2.38. The van der Waals surface area contributed by atoms with Gasteiger partial charge in [0.2, 0.25) is 0 Å². The molecule has 1 aromatic heterocycles. The molecule has 1 aromatic rings. The van der Waals surface area contributed by atoms with Crippen LogP contribution in [0.5, 0.6) is 0 Å². The molecule has 0 aromatic carbocycles. The van der Waals surface area contributed by atoms with Crippen LogP contribution in [0.1, 0.15) is 24.6 Å². The Morgan fingerprint density at radius 3 is 2.89 bits per heavy atom. The lowest BCUT2D eigenvalue weighted by molar-refractivity contribution is 0.145. The Morgan fingerprint density at radius 2 is 2.22 bits per heavy atom. The highest BCUT2D eigenvalue weighted by molar-refractivity contribution is 7.80. The molecule has 0 saturated heterocycles. The molecule has 4 nitrogen and oxygen atoms in total. The number of thiocarbonyl (C=S) groups is 1. The number of nitrogens with zero attached hydrogens (tertiary/aromatic N) is 1. The van der Waals surface area contributed by atoms with Crippen LogP contribution in [0, 0.1) is 6.92 Å². The molecule has 100 valence electrons.